The third-order valence-electron chi connectivity index (χ3n) is 3.26. The molecule has 0 aliphatic carbocycles. The van der Waals surface area contributed by atoms with Gasteiger partial charge in [-0.05, 0) is 19.8 Å². The third kappa shape index (κ3) is 5.33. The van der Waals surface area contributed by atoms with E-state index in [4.69, 9.17) is 5.73 Å². The lowest BCUT2D eigenvalue weighted by Gasteiger charge is -2.25. The minimum absolute atomic E-state index is 0.0585. The number of nitrogens with one attached hydrogen (secondary N) is 1. The van der Waals surface area contributed by atoms with Gasteiger partial charge in [0, 0.05) is 25.7 Å². The Balaban J connectivity index is 4.37. The van der Waals surface area contributed by atoms with E-state index in [0.717, 1.165) is 12.8 Å². The number of hydrogen-bond acceptors (Lipinski definition) is 3. The number of nitrogens with two attached hydrogens (primary N) is 1. The van der Waals surface area contributed by atoms with Crippen LogP contribution in [-0.2, 0) is 10.2 Å². The molecule has 0 saturated carbocycles. The summed E-state index contributed by atoms with van der Waals surface area (Å²) in [4.78, 5) is 0. The highest BCUT2D eigenvalue weighted by atomic mass is 32.2. The van der Waals surface area contributed by atoms with Gasteiger partial charge in [-0.15, -0.1) is 0 Å². The monoisotopic (exact) mass is 265 g/mol. The molecule has 0 bridgehead atoms. The summed E-state index contributed by atoms with van der Waals surface area (Å²) >= 11 is 0. The molecule has 0 aromatic heterocycles. The zero-order valence-electron chi connectivity index (χ0n) is 11.6. The molecule has 0 heterocycles. The van der Waals surface area contributed by atoms with Gasteiger partial charge in [-0.3, -0.25) is 0 Å². The number of hydrogen-bond donors (Lipinski definition) is 2. The van der Waals surface area contributed by atoms with E-state index in [1.165, 1.54) is 4.31 Å². The molecule has 17 heavy (non-hydrogen) atoms. The van der Waals surface area contributed by atoms with Gasteiger partial charge in [-0.2, -0.15) is 12.7 Å². The van der Waals surface area contributed by atoms with Crippen LogP contribution in [0.5, 0.6) is 0 Å². The highest BCUT2D eigenvalue weighted by molar-refractivity contribution is 7.87. The van der Waals surface area contributed by atoms with Crippen LogP contribution in [0, 0.1) is 5.92 Å². The first kappa shape index (κ1) is 16.8. The molecule has 104 valence electrons. The minimum Gasteiger partial charge on any atom is -0.326 e. The van der Waals surface area contributed by atoms with Gasteiger partial charge >= 0.3 is 0 Å². The summed E-state index contributed by atoms with van der Waals surface area (Å²) in [6.07, 6.45) is 1.94. The first-order valence-corrected chi connectivity index (χ1v) is 7.68. The topological polar surface area (TPSA) is 75.4 Å². The maximum Gasteiger partial charge on any atom is 0.279 e. The van der Waals surface area contributed by atoms with E-state index in [1.807, 2.05) is 13.8 Å². The second-order valence-corrected chi connectivity index (χ2v) is 6.52. The minimum atomic E-state index is -3.40. The van der Waals surface area contributed by atoms with E-state index >= 15 is 0 Å². The molecular weight excluding hydrogens is 238 g/mol. The van der Waals surface area contributed by atoms with Crippen molar-refractivity contribution in [1.82, 2.24) is 9.03 Å². The predicted octanol–water partition coefficient (Wildman–Crippen LogP) is 0.925. The van der Waals surface area contributed by atoms with Crippen LogP contribution in [0.2, 0.25) is 0 Å². The largest absolute Gasteiger partial charge is 0.326 e. The maximum atomic E-state index is 11.8. The van der Waals surface area contributed by atoms with Crippen molar-refractivity contribution in [1.29, 1.82) is 0 Å². The smallest absolute Gasteiger partial charge is 0.279 e. The van der Waals surface area contributed by atoms with Crippen LogP contribution in [0.25, 0.3) is 0 Å². The molecule has 5 nitrogen and oxygen atoms in total. The lowest BCUT2D eigenvalue weighted by molar-refractivity contribution is 0.375. The fourth-order valence-electron chi connectivity index (χ4n) is 1.64. The van der Waals surface area contributed by atoms with Crippen LogP contribution in [0.1, 0.15) is 40.5 Å². The molecule has 0 radical (unpaired) electrons. The average molecular weight is 265 g/mol. The highest BCUT2D eigenvalue weighted by Crippen LogP contribution is 2.11. The lowest BCUT2D eigenvalue weighted by Crippen LogP contribution is -2.47. The van der Waals surface area contributed by atoms with E-state index < -0.39 is 10.2 Å². The standard InChI is InChI=1S/C11H27N3O2S/c1-6-10(7-2)11(12)8-13-17(15,16)14(5)9(3)4/h9-11,13H,6-8,12H2,1-5H3. The summed E-state index contributed by atoms with van der Waals surface area (Å²) in [7, 11) is -1.84. The van der Waals surface area contributed by atoms with Gasteiger partial charge in [-0.25, -0.2) is 4.72 Å². The second-order valence-electron chi connectivity index (χ2n) is 4.70. The predicted molar refractivity (Wildman–Crippen MR) is 71.9 cm³/mol. The molecular formula is C11H27N3O2S. The molecule has 6 heteroatoms. The van der Waals surface area contributed by atoms with E-state index in [0.29, 0.717) is 12.5 Å². The van der Waals surface area contributed by atoms with Crippen LogP contribution >= 0.6 is 0 Å². The van der Waals surface area contributed by atoms with Gasteiger partial charge in [0.05, 0.1) is 0 Å². The Kier molecular flexibility index (Phi) is 7.23. The fourth-order valence-corrected chi connectivity index (χ4v) is 2.80. The quantitative estimate of drug-likeness (QED) is 0.685. The van der Waals surface area contributed by atoms with Gasteiger partial charge < -0.3 is 5.73 Å². The summed E-state index contributed by atoms with van der Waals surface area (Å²) in [5, 5.41) is 0. The van der Waals surface area contributed by atoms with Gasteiger partial charge in [0.2, 0.25) is 0 Å². The summed E-state index contributed by atoms with van der Waals surface area (Å²) in [5.41, 5.74) is 5.98. The molecule has 1 unspecified atom stereocenters. The maximum absolute atomic E-state index is 11.8. The van der Waals surface area contributed by atoms with Crippen molar-refractivity contribution in [2.45, 2.75) is 52.6 Å². The van der Waals surface area contributed by atoms with Crippen LogP contribution in [-0.4, -0.2) is 38.4 Å². The normalized spacial score (nSPS) is 14.9. The molecule has 0 rings (SSSR count). The van der Waals surface area contributed by atoms with Crippen molar-refractivity contribution in [2.75, 3.05) is 13.6 Å². The van der Waals surface area contributed by atoms with Gasteiger partial charge in [-0.1, -0.05) is 26.7 Å². The Morgan fingerprint density at radius 3 is 2.06 bits per heavy atom. The second kappa shape index (κ2) is 7.31. The van der Waals surface area contributed by atoms with Gasteiger partial charge in [0.25, 0.3) is 10.2 Å². The molecule has 0 fully saturated rings. The van der Waals surface area contributed by atoms with Crippen LogP contribution in [0.15, 0.2) is 0 Å². The van der Waals surface area contributed by atoms with Gasteiger partial charge in [0.15, 0.2) is 0 Å². The Labute approximate surface area is 106 Å². The summed E-state index contributed by atoms with van der Waals surface area (Å²) < 4.78 is 27.5. The lowest BCUT2D eigenvalue weighted by atomic mass is 9.95. The Hall–Kier alpha value is -0.170. The van der Waals surface area contributed by atoms with Crippen molar-refractivity contribution in [3.63, 3.8) is 0 Å². The van der Waals surface area contributed by atoms with E-state index in [-0.39, 0.29) is 12.1 Å². The third-order valence-corrected chi connectivity index (χ3v) is 4.97. The zero-order valence-corrected chi connectivity index (χ0v) is 12.4. The van der Waals surface area contributed by atoms with E-state index in [1.54, 1.807) is 7.05 Å². The molecule has 0 aliphatic rings. The van der Waals surface area contributed by atoms with Crippen LogP contribution in [0.3, 0.4) is 0 Å². The SMILES string of the molecule is CCC(CC)C(N)CNS(=O)(=O)N(C)C(C)C. The first-order chi connectivity index (χ1) is 7.76. The molecule has 0 aliphatic heterocycles. The first-order valence-electron chi connectivity index (χ1n) is 6.24. The number of rotatable bonds is 8. The highest BCUT2D eigenvalue weighted by Gasteiger charge is 2.22. The Morgan fingerprint density at radius 2 is 1.71 bits per heavy atom. The van der Waals surface area contributed by atoms with E-state index in [9.17, 15) is 8.42 Å². The van der Waals surface area contributed by atoms with Crippen molar-refractivity contribution in [3.8, 4) is 0 Å². The molecule has 0 spiro atoms. The van der Waals surface area contributed by atoms with Crippen molar-refractivity contribution < 1.29 is 8.42 Å². The molecule has 3 N–H and O–H groups in total. The Morgan fingerprint density at radius 1 is 1.24 bits per heavy atom. The summed E-state index contributed by atoms with van der Waals surface area (Å²) in [5.74, 6) is 0.363. The molecule has 0 aromatic rings. The van der Waals surface area contributed by atoms with Gasteiger partial charge in [0.1, 0.15) is 0 Å². The summed E-state index contributed by atoms with van der Waals surface area (Å²) in [6.45, 7) is 8.11. The Bertz CT molecular complexity index is 300. The zero-order chi connectivity index (χ0) is 13.6. The summed E-state index contributed by atoms with van der Waals surface area (Å²) in [6, 6.07) is -0.183. The fraction of sp³-hybridized carbons (Fsp3) is 1.00. The molecule has 0 aromatic carbocycles. The van der Waals surface area contributed by atoms with Crippen molar-refractivity contribution in [3.05, 3.63) is 0 Å². The number of nitrogens with zero attached hydrogens (tertiary/aromatic N) is 1. The van der Waals surface area contributed by atoms with Crippen molar-refractivity contribution in [2.24, 2.45) is 11.7 Å². The molecule has 0 amide bonds. The van der Waals surface area contributed by atoms with Crippen LogP contribution in [0.4, 0.5) is 0 Å². The molecule has 1 atom stereocenters. The van der Waals surface area contributed by atoms with Crippen LogP contribution < -0.4 is 10.5 Å². The average Bonchev–Trinajstić information content (AvgIpc) is 2.27. The molecule has 0 saturated heterocycles. The van der Waals surface area contributed by atoms with E-state index in [2.05, 4.69) is 18.6 Å². The van der Waals surface area contributed by atoms with Crippen molar-refractivity contribution >= 4 is 10.2 Å².